The molecule has 0 radical (unpaired) electrons. The number of rotatable bonds is 3. The monoisotopic (exact) mass is 331 g/mol. The number of nitrogens with zero attached hydrogens (tertiary/aromatic N) is 4. The SMILES string of the molecule is CC(C)(C)c1nnc(N[C@H]2CCN(C(=O)c3ccccn3)C2)s1. The first kappa shape index (κ1) is 15.9. The zero-order valence-electron chi connectivity index (χ0n) is 13.6. The molecule has 2 aromatic heterocycles. The number of likely N-dealkylation sites (tertiary alicyclic amines) is 1. The number of aromatic nitrogens is 3. The average Bonchev–Trinajstić information content (AvgIpc) is 3.17. The first-order valence-electron chi connectivity index (χ1n) is 7.74. The molecule has 2 aromatic rings. The Kier molecular flexibility index (Phi) is 4.30. The minimum atomic E-state index is -0.0115. The maximum absolute atomic E-state index is 12.4. The molecule has 23 heavy (non-hydrogen) atoms. The van der Waals surface area contributed by atoms with Gasteiger partial charge in [0.25, 0.3) is 5.91 Å². The molecular weight excluding hydrogens is 310 g/mol. The maximum Gasteiger partial charge on any atom is 0.272 e. The van der Waals surface area contributed by atoms with Gasteiger partial charge in [0, 0.05) is 30.7 Å². The number of anilines is 1. The number of carbonyl (C=O) groups excluding carboxylic acids is 1. The Morgan fingerprint density at radius 3 is 2.83 bits per heavy atom. The number of pyridine rings is 1. The molecule has 0 unspecified atom stereocenters. The smallest absolute Gasteiger partial charge is 0.272 e. The third-order valence-corrected chi connectivity index (χ3v) is 5.03. The highest BCUT2D eigenvalue weighted by Crippen LogP contribution is 2.28. The van der Waals surface area contributed by atoms with Crippen molar-refractivity contribution in [2.75, 3.05) is 18.4 Å². The Morgan fingerprint density at radius 1 is 1.35 bits per heavy atom. The molecule has 1 N–H and O–H groups in total. The molecule has 1 aliphatic heterocycles. The third kappa shape index (κ3) is 3.67. The summed E-state index contributed by atoms with van der Waals surface area (Å²) < 4.78 is 0. The Hall–Kier alpha value is -2.02. The lowest BCUT2D eigenvalue weighted by Gasteiger charge is -2.16. The minimum Gasteiger partial charge on any atom is -0.355 e. The Bertz CT molecular complexity index is 679. The number of carbonyl (C=O) groups is 1. The van der Waals surface area contributed by atoms with Gasteiger partial charge in [-0.1, -0.05) is 38.2 Å². The van der Waals surface area contributed by atoms with E-state index in [1.54, 1.807) is 23.6 Å². The average molecular weight is 331 g/mol. The number of nitrogens with one attached hydrogen (secondary N) is 1. The van der Waals surface area contributed by atoms with Gasteiger partial charge in [-0.25, -0.2) is 0 Å². The van der Waals surface area contributed by atoms with Crippen LogP contribution in [0.4, 0.5) is 5.13 Å². The summed E-state index contributed by atoms with van der Waals surface area (Å²) >= 11 is 1.58. The van der Waals surface area contributed by atoms with Crippen molar-refractivity contribution in [3.63, 3.8) is 0 Å². The van der Waals surface area contributed by atoms with E-state index in [-0.39, 0.29) is 17.4 Å². The second kappa shape index (κ2) is 6.23. The van der Waals surface area contributed by atoms with Crippen LogP contribution in [0.3, 0.4) is 0 Å². The van der Waals surface area contributed by atoms with Crippen LogP contribution in [0, 0.1) is 0 Å². The van der Waals surface area contributed by atoms with E-state index in [0.717, 1.165) is 23.1 Å². The van der Waals surface area contributed by atoms with Crippen molar-refractivity contribution in [1.29, 1.82) is 0 Å². The molecule has 0 saturated carbocycles. The van der Waals surface area contributed by atoms with Gasteiger partial charge in [-0.2, -0.15) is 0 Å². The molecule has 1 saturated heterocycles. The molecule has 0 spiro atoms. The molecule has 122 valence electrons. The van der Waals surface area contributed by atoms with E-state index >= 15 is 0 Å². The fraction of sp³-hybridized carbons (Fsp3) is 0.500. The van der Waals surface area contributed by atoms with Gasteiger partial charge in [-0.15, -0.1) is 10.2 Å². The van der Waals surface area contributed by atoms with Crippen LogP contribution < -0.4 is 5.32 Å². The van der Waals surface area contributed by atoms with E-state index in [9.17, 15) is 4.79 Å². The lowest BCUT2D eigenvalue weighted by Crippen LogP contribution is -2.32. The standard InChI is InChI=1S/C16H21N5OS/c1-16(2,3)14-19-20-15(23-14)18-11-7-9-21(10-11)13(22)12-6-4-5-8-17-12/h4-6,8,11H,7,9-10H2,1-3H3,(H,18,20)/t11-/m0/s1. The van der Waals surface area contributed by atoms with Gasteiger partial charge in [0.05, 0.1) is 0 Å². The number of hydrogen-bond acceptors (Lipinski definition) is 6. The Balaban J connectivity index is 1.60. The summed E-state index contributed by atoms with van der Waals surface area (Å²) in [5, 5.41) is 13.7. The van der Waals surface area contributed by atoms with E-state index in [2.05, 4.69) is 41.3 Å². The molecule has 1 aliphatic rings. The summed E-state index contributed by atoms with van der Waals surface area (Å²) in [5.74, 6) is -0.0115. The summed E-state index contributed by atoms with van der Waals surface area (Å²) in [7, 11) is 0. The molecule has 0 aliphatic carbocycles. The van der Waals surface area contributed by atoms with Crippen LogP contribution in [-0.2, 0) is 5.41 Å². The molecule has 3 rings (SSSR count). The van der Waals surface area contributed by atoms with Gasteiger partial charge in [0.1, 0.15) is 10.7 Å². The van der Waals surface area contributed by atoms with Gasteiger partial charge < -0.3 is 10.2 Å². The maximum atomic E-state index is 12.4. The van der Waals surface area contributed by atoms with Crippen LogP contribution in [0.1, 0.15) is 42.7 Å². The molecule has 3 heterocycles. The largest absolute Gasteiger partial charge is 0.355 e. The van der Waals surface area contributed by atoms with Crippen LogP contribution in [0.15, 0.2) is 24.4 Å². The molecule has 0 bridgehead atoms. The van der Waals surface area contributed by atoms with Crippen LogP contribution in [0.25, 0.3) is 0 Å². The highest BCUT2D eigenvalue weighted by Gasteiger charge is 2.28. The van der Waals surface area contributed by atoms with Crippen LogP contribution >= 0.6 is 11.3 Å². The Morgan fingerprint density at radius 2 is 2.17 bits per heavy atom. The van der Waals surface area contributed by atoms with E-state index < -0.39 is 0 Å². The van der Waals surface area contributed by atoms with Gasteiger partial charge in [0.2, 0.25) is 5.13 Å². The second-order valence-electron chi connectivity index (χ2n) is 6.76. The van der Waals surface area contributed by atoms with Gasteiger partial charge in [-0.05, 0) is 18.6 Å². The quantitative estimate of drug-likeness (QED) is 0.936. The zero-order chi connectivity index (χ0) is 16.4. The predicted molar refractivity (Wildman–Crippen MR) is 90.8 cm³/mol. The lowest BCUT2D eigenvalue weighted by atomic mass is 9.98. The summed E-state index contributed by atoms with van der Waals surface area (Å²) in [6.45, 7) is 7.78. The van der Waals surface area contributed by atoms with Gasteiger partial charge in [0.15, 0.2) is 0 Å². The van der Waals surface area contributed by atoms with Gasteiger partial charge in [-0.3, -0.25) is 9.78 Å². The van der Waals surface area contributed by atoms with Crippen molar-refractivity contribution in [2.24, 2.45) is 0 Å². The van der Waals surface area contributed by atoms with Gasteiger partial charge >= 0.3 is 0 Å². The van der Waals surface area contributed by atoms with Crippen LogP contribution in [0.5, 0.6) is 0 Å². The highest BCUT2D eigenvalue weighted by molar-refractivity contribution is 7.15. The fourth-order valence-electron chi connectivity index (χ4n) is 2.47. The molecule has 0 aromatic carbocycles. The second-order valence-corrected chi connectivity index (χ2v) is 7.74. The van der Waals surface area contributed by atoms with E-state index in [1.807, 2.05) is 17.0 Å². The van der Waals surface area contributed by atoms with E-state index in [0.29, 0.717) is 12.2 Å². The summed E-state index contributed by atoms with van der Waals surface area (Å²) in [5.41, 5.74) is 0.507. The van der Waals surface area contributed by atoms with Crippen molar-refractivity contribution < 1.29 is 4.79 Å². The molecule has 7 heteroatoms. The molecule has 6 nitrogen and oxygen atoms in total. The molecule has 1 fully saturated rings. The molecular formula is C16H21N5OS. The fourth-order valence-corrected chi connectivity index (χ4v) is 3.35. The van der Waals surface area contributed by atoms with Crippen LogP contribution in [-0.4, -0.2) is 45.1 Å². The number of hydrogen-bond donors (Lipinski definition) is 1. The van der Waals surface area contributed by atoms with Crippen molar-refractivity contribution in [3.05, 3.63) is 35.1 Å². The number of amides is 1. The van der Waals surface area contributed by atoms with E-state index in [4.69, 9.17) is 0 Å². The topological polar surface area (TPSA) is 71.0 Å². The molecule has 1 amide bonds. The highest BCUT2D eigenvalue weighted by atomic mass is 32.1. The first-order chi connectivity index (χ1) is 10.9. The summed E-state index contributed by atoms with van der Waals surface area (Å²) in [4.78, 5) is 18.4. The first-order valence-corrected chi connectivity index (χ1v) is 8.56. The van der Waals surface area contributed by atoms with Crippen molar-refractivity contribution >= 4 is 22.4 Å². The van der Waals surface area contributed by atoms with Crippen molar-refractivity contribution in [2.45, 2.75) is 38.6 Å². The summed E-state index contributed by atoms with van der Waals surface area (Å²) in [6, 6.07) is 5.61. The van der Waals surface area contributed by atoms with Crippen molar-refractivity contribution in [3.8, 4) is 0 Å². The normalized spacial score (nSPS) is 18.2. The minimum absolute atomic E-state index is 0.00819. The zero-order valence-corrected chi connectivity index (χ0v) is 14.4. The third-order valence-electron chi connectivity index (χ3n) is 3.75. The predicted octanol–water partition coefficient (Wildman–Crippen LogP) is 2.56. The Labute approximate surface area is 140 Å². The summed E-state index contributed by atoms with van der Waals surface area (Å²) in [6.07, 6.45) is 2.55. The van der Waals surface area contributed by atoms with Crippen molar-refractivity contribution in [1.82, 2.24) is 20.1 Å². The van der Waals surface area contributed by atoms with E-state index in [1.165, 1.54) is 0 Å². The lowest BCUT2D eigenvalue weighted by molar-refractivity contribution is 0.0786. The molecule has 1 atom stereocenters. The van der Waals surface area contributed by atoms with Crippen LogP contribution in [0.2, 0.25) is 0 Å².